The molecule has 7 nitrogen and oxygen atoms in total. The number of ether oxygens (including phenoxy) is 1. The van der Waals surface area contributed by atoms with Crippen LogP contribution in [0.5, 0.6) is 5.75 Å². The van der Waals surface area contributed by atoms with E-state index in [1.807, 2.05) is 41.3 Å². The second kappa shape index (κ2) is 10.3. The number of carbonyl (C=O) groups is 1. The van der Waals surface area contributed by atoms with Crippen molar-refractivity contribution in [1.82, 2.24) is 9.88 Å². The molecule has 7 heteroatoms. The number of benzene rings is 2. The predicted octanol–water partition coefficient (Wildman–Crippen LogP) is 5.20. The van der Waals surface area contributed by atoms with Crippen molar-refractivity contribution in [3.8, 4) is 5.75 Å². The maximum absolute atomic E-state index is 13.6. The number of nitrogens with zero attached hydrogens (tertiary/aromatic N) is 1. The standard InChI is InChI=1S/C30H32N2O5/c1-18(2)19-8-10-20(11-9-19)24(30-29(35)27(33)14-21(37-30)17-36-3)15-28(34)32-13-12-23-22-6-4-5-7-25(22)31-26(23)16-32/h4-11,14,18,24,31,35H,12-13,15-17H2,1-3H3/t24-/m1/s1. The van der Waals surface area contributed by atoms with E-state index >= 15 is 0 Å². The van der Waals surface area contributed by atoms with Crippen LogP contribution in [0.3, 0.4) is 0 Å². The maximum atomic E-state index is 13.6. The highest BCUT2D eigenvalue weighted by Crippen LogP contribution is 2.35. The number of aromatic amines is 1. The molecule has 0 fully saturated rings. The zero-order valence-electron chi connectivity index (χ0n) is 21.4. The Morgan fingerprint density at radius 1 is 1.14 bits per heavy atom. The van der Waals surface area contributed by atoms with Crippen molar-refractivity contribution in [3.63, 3.8) is 0 Å². The van der Waals surface area contributed by atoms with Gasteiger partial charge in [-0.1, -0.05) is 56.3 Å². The highest BCUT2D eigenvalue weighted by molar-refractivity contribution is 5.86. The number of hydrogen-bond acceptors (Lipinski definition) is 5. The second-order valence-corrected chi connectivity index (χ2v) is 9.99. The summed E-state index contributed by atoms with van der Waals surface area (Å²) in [7, 11) is 1.51. The SMILES string of the molecule is COCc1cc(=O)c(O)c([C@H](CC(=O)N2CCc3c([nH]c4ccccc34)C2)c2ccc(C(C)C)cc2)o1. The number of para-hydroxylation sites is 1. The molecule has 2 N–H and O–H groups in total. The molecule has 0 saturated heterocycles. The molecule has 0 bridgehead atoms. The molecule has 1 aliphatic heterocycles. The second-order valence-electron chi connectivity index (χ2n) is 9.99. The van der Waals surface area contributed by atoms with Crippen molar-refractivity contribution < 1.29 is 19.1 Å². The van der Waals surface area contributed by atoms with Crippen LogP contribution in [0.1, 0.15) is 66.0 Å². The normalized spacial score (nSPS) is 14.2. The number of fused-ring (bicyclic) bond motifs is 3. The number of rotatable bonds is 7. The van der Waals surface area contributed by atoms with Gasteiger partial charge in [0.05, 0.1) is 12.5 Å². The lowest BCUT2D eigenvalue weighted by Crippen LogP contribution is -2.36. The van der Waals surface area contributed by atoms with Crippen LogP contribution in [0.4, 0.5) is 0 Å². The van der Waals surface area contributed by atoms with Gasteiger partial charge in [-0.15, -0.1) is 0 Å². The average molecular weight is 501 g/mol. The quantitative estimate of drug-likeness (QED) is 0.364. The molecule has 192 valence electrons. The van der Waals surface area contributed by atoms with Crippen LogP contribution >= 0.6 is 0 Å². The number of methoxy groups -OCH3 is 1. The Hall–Kier alpha value is -3.84. The molecule has 0 saturated carbocycles. The Kier molecular flexibility index (Phi) is 6.89. The van der Waals surface area contributed by atoms with E-state index in [9.17, 15) is 14.7 Å². The lowest BCUT2D eigenvalue weighted by atomic mass is 9.89. The van der Waals surface area contributed by atoms with Gasteiger partial charge in [-0.25, -0.2) is 0 Å². The number of aromatic hydroxyl groups is 1. The van der Waals surface area contributed by atoms with E-state index in [-0.39, 0.29) is 24.7 Å². The third kappa shape index (κ3) is 4.91. The summed E-state index contributed by atoms with van der Waals surface area (Å²) in [6.07, 6.45) is 0.825. The Balaban J connectivity index is 1.48. The molecule has 37 heavy (non-hydrogen) atoms. The van der Waals surface area contributed by atoms with Gasteiger partial charge in [0.2, 0.25) is 17.1 Å². The van der Waals surface area contributed by atoms with Gasteiger partial charge in [0.25, 0.3) is 0 Å². The molecule has 0 aliphatic carbocycles. The van der Waals surface area contributed by atoms with Gasteiger partial charge in [-0.05, 0) is 35.1 Å². The summed E-state index contributed by atoms with van der Waals surface area (Å²) in [5.41, 5.74) is 4.80. The minimum Gasteiger partial charge on any atom is -0.502 e. The number of nitrogens with one attached hydrogen (secondary N) is 1. The van der Waals surface area contributed by atoms with Crippen LogP contribution < -0.4 is 5.43 Å². The van der Waals surface area contributed by atoms with E-state index in [0.717, 1.165) is 28.8 Å². The van der Waals surface area contributed by atoms with E-state index in [1.54, 1.807) is 0 Å². The Bertz CT molecular complexity index is 1480. The zero-order chi connectivity index (χ0) is 26.1. The van der Waals surface area contributed by atoms with Crippen molar-refractivity contribution in [2.75, 3.05) is 13.7 Å². The zero-order valence-corrected chi connectivity index (χ0v) is 21.4. The number of H-pyrrole nitrogens is 1. The van der Waals surface area contributed by atoms with Crippen LogP contribution in [-0.4, -0.2) is 34.6 Å². The summed E-state index contributed by atoms with van der Waals surface area (Å²) < 4.78 is 11.1. The van der Waals surface area contributed by atoms with Crippen molar-refractivity contribution in [3.05, 3.63) is 98.7 Å². The highest BCUT2D eigenvalue weighted by Gasteiger charge is 2.30. The van der Waals surface area contributed by atoms with E-state index in [2.05, 4.69) is 31.0 Å². The molecular weight excluding hydrogens is 468 g/mol. The number of carbonyl (C=O) groups excluding carboxylic acids is 1. The van der Waals surface area contributed by atoms with Gasteiger partial charge >= 0.3 is 0 Å². The molecule has 2 aromatic heterocycles. The summed E-state index contributed by atoms with van der Waals surface area (Å²) in [5, 5.41) is 11.9. The largest absolute Gasteiger partial charge is 0.502 e. The van der Waals surface area contributed by atoms with E-state index in [0.29, 0.717) is 24.8 Å². The van der Waals surface area contributed by atoms with E-state index in [4.69, 9.17) is 9.15 Å². The highest BCUT2D eigenvalue weighted by atomic mass is 16.5. The summed E-state index contributed by atoms with van der Waals surface area (Å²) in [6, 6.07) is 17.3. The monoisotopic (exact) mass is 500 g/mol. The Morgan fingerprint density at radius 3 is 2.59 bits per heavy atom. The molecule has 1 atom stereocenters. The number of hydrogen-bond donors (Lipinski definition) is 2. The fraction of sp³-hybridized carbons (Fsp3) is 0.333. The molecule has 3 heterocycles. The lowest BCUT2D eigenvalue weighted by molar-refractivity contribution is -0.132. The van der Waals surface area contributed by atoms with Gasteiger partial charge < -0.3 is 24.1 Å². The number of aromatic nitrogens is 1. The molecular formula is C30H32N2O5. The van der Waals surface area contributed by atoms with Crippen molar-refractivity contribution in [1.29, 1.82) is 0 Å². The lowest BCUT2D eigenvalue weighted by Gasteiger charge is -2.29. The van der Waals surface area contributed by atoms with Crippen molar-refractivity contribution in [2.45, 2.75) is 51.7 Å². The van der Waals surface area contributed by atoms with Crippen LogP contribution in [-0.2, 0) is 29.1 Å². The molecule has 4 aromatic rings. The van der Waals surface area contributed by atoms with Gasteiger partial charge in [-0.2, -0.15) is 0 Å². The first kappa shape index (κ1) is 24.8. The molecule has 2 aromatic carbocycles. The molecule has 0 unspecified atom stereocenters. The van der Waals surface area contributed by atoms with E-state index in [1.165, 1.54) is 24.1 Å². The van der Waals surface area contributed by atoms with Gasteiger partial charge in [-0.3, -0.25) is 9.59 Å². The van der Waals surface area contributed by atoms with Crippen molar-refractivity contribution >= 4 is 16.8 Å². The first-order chi connectivity index (χ1) is 17.9. The van der Waals surface area contributed by atoms with Crippen molar-refractivity contribution in [2.24, 2.45) is 0 Å². The van der Waals surface area contributed by atoms with E-state index < -0.39 is 17.1 Å². The summed E-state index contributed by atoms with van der Waals surface area (Å²) >= 11 is 0. The van der Waals surface area contributed by atoms with Gasteiger partial charge in [0.15, 0.2) is 5.76 Å². The summed E-state index contributed by atoms with van der Waals surface area (Å²) in [5.74, 6) is -0.416. The predicted molar refractivity (Wildman–Crippen MR) is 142 cm³/mol. The van der Waals surface area contributed by atoms with Crippen LogP contribution in [0.2, 0.25) is 0 Å². The van der Waals surface area contributed by atoms with Crippen LogP contribution in [0.15, 0.2) is 63.8 Å². The Labute approximate surface area is 215 Å². The smallest absolute Gasteiger partial charge is 0.227 e. The van der Waals surface area contributed by atoms with Gasteiger partial charge in [0.1, 0.15) is 12.4 Å². The molecule has 0 spiro atoms. The number of amides is 1. The van der Waals surface area contributed by atoms with Gasteiger partial charge in [0, 0.05) is 42.7 Å². The Morgan fingerprint density at radius 2 is 1.86 bits per heavy atom. The minimum atomic E-state index is -0.623. The molecule has 0 radical (unpaired) electrons. The average Bonchev–Trinajstić information content (AvgIpc) is 3.27. The molecule has 1 amide bonds. The minimum absolute atomic E-state index is 0.0591. The third-order valence-corrected chi connectivity index (χ3v) is 7.22. The summed E-state index contributed by atoms with van der Waals surface area (Å²) in [6.45, 7) is 5.41. The first-order valence-corrected chi connectivity index (χ1v) is 12.7. The van der Waals surface area contributed by atoms with Crippen LogP contribution in [0, 0.1) is 0 Å². The first-order valence-electron chi connectivity index (χ1n) is 12.7. The summed E-state index contributed by atoms with van der Waals surface area (Å²) in [4.78, 5) is 31.5. The molecule has 5 rings (SSSR count). The topological polar surface area (TPSA) is 95.8 Å². The van der Waals surface area contributed by atoms with Crippen LogP contribution in [0.25, 0.3) is 10.9 Å². The molecule has 1 aliphatic rings. The fourth-order valence-electron chi connectivity index (χ4n) is 5.19. The fourth-order valence-corrected chi connectivity index (χ4v) is 5.19. The third-order valence-electron chi connectivity index (χ3n) is 7.22. The maximum Gasteiger partial charge on any atom is 0.227 e.